The third kappa shape index (κ3) is 12.4. The molecule has 0 aliphatic heterocycles. The van der Waals surface area contributed by atoms with Crippen LogP contribution in [-0.2, 0) is 5.41 Å². The molecule has 0 spiro atoms. The predicted molar refractivity (Wildman–Crippen MR) is 245 cm³/mol. The van der Waals surface area contributed by atoms with Crippen molar-refractivity contribution in [3.8, 4) is 22.6 Å². The smallest absolute Gasteiger partial charge is 0.119 e. The van der Waals surface area contributed by atoms with E-state index in [1.807, 2.05) is 0 Å². The van der Waals surface area contributed by atoms with E-state index in [4.69, 9.17) is 9.47 Å². The van der Waals surface area contributed by atoms with Crippen LogP contribution in [0.2, 0.25) is 0 Å². The van der Waals surface area contributed by atoms with Gasteiger partial charge in [0.1, 0.15) is 24.7 Å². The molecular weight excluding hydrogens is 717 g/mol. The van der Waals surface area contributed by atoms with Gasteiger partial charge in [-0.1, -0.05) is 71.8 Å². The van der Waals surface area contributed by atoms with Gasteiger partial charge < -0.3 is 29.1 Å². The van der Waals surface area contributed by atoms with E-state index in [2.05, 4.69) is 185 Å². The molecule has 0 saturated carbocycles. The number of ether oxygens (including phenoxy) is 2. The third-order valence-electron chi connectivity index (χ3n) is 11.5. The quantitative estimate of drug-likeness (QED) is 0.0605. The lowest BCUT2D eigenvalue weighted by Crippen LogP contribution is -2.36. The van der Waals surface area contributed by atoms with E-state index >= 15 is 0 Å². The van der Waals surface area contributed by atoms with Gasteiger partial charge in [0.15, 0.2) is 0 Å². The molecule has 58 heavy (non-hydrogen) atoms. The minimum Gasteiger partial charge on any atom is -0.492 e. The average molecular weight is 791 g/mol. The Morgan fingerprint density at radius 1 is 0.397 bits per heavy atom. The number of rotatable bonds is 25. The van der Waals surface area contributed by atoms with Crippen molar-refractivity contribution in [1.82, 2.24) is 29.4 Å². The largest absolute Gasteiger partial charge is 0.492 e. The maximum absolute atomic E-state index is 6.47. The van der Waals surface area contributed by atoms with E-state index in [-0.39, 0.29) is 0 Å². The number of hydrogen-bond donors (Lipinski definition) is 0. The van der Waals surface area contributed by atoms with Gasteiger partial charge >= 0.3 is 0 Å². The highest BCUT2D eigenvalue weighted by Gasteiger charge is 2.46. The summed E-state index contributed by atoms with van der Waals surface area (Å²) in [5, 5.41) is 0. The van der Waals surface area contributed by atoms with E-state index in [0.717, 1.165) is 96.2 Å². The summed E-state index contributed by atoms with van der Waals surface area (Å²) in [5.74, 6) is 1.82. The second-order valence-corrected chi connectivity index (χ2v) is 17.6. The van der Waals surface area contributed by atoms with E-state index in [0.29, 0.717) is 13.2 Å². The van der Waals surface area contributed by atoms with E-state index < -0.39 is 5.41 Å². The van der Waals surface area contributed by atoms with Crippen LogP contribution in [0.25, 0.3) is 11.1 Å². The highest BCUT2D eigenvalue weighted by molar-refractivity contribution is 5.86. The first-order valence-corrected chi connectivity index (χ1v) is 21.6. The maximum atomic E-state index is 6.47. The highest BCUT2D eigenvalue weighted by Crippen LogP contribution is 2.56. The number of fused-ring (bicyclic) bond motifs is 3. The summed E-state index contributed by atoms with van der Waals surface area (Å²) in [7, 11) is 17.2. The van der Waals surface area contributed by atoms with Gasteiger partial charge in [0.2, 0.25) is 0 Å². The molecule has 0 N–H and O–H groups in total. The van der Waals surface area contributed by atoms with Crippen LogP contribution in [0, 0.1) is 13.8 Å². The van der Waals surface area contributed by atoms with Crippen molar-refractivity contribution >= 4 is 0 Å². The zero-order valence-electron chi connectivity index (χ0n) is 37.7. The number of nitrogens with zero attached hydrogens (tertiary/aromatic N) is 6. The topological polar surface area (TPSA) is 37.9 Å². The van der Waals surface area contributed by atoms with Crippen molar-refractivity contribution in [1.29, 1.82) is 0 Å². The summed E-state index contributed by atoms with van der Waals surface area (Å²) in [6, 6.07) is 31.8. The van der Waals surface area contributed by atoms with Crippen LogP contribution in [0.5, 0.6) is 11.5 Å². The Labute approximate surface area is 352 Å². The van der Waals surface area contributed by atoms with Crippen LogP contribution in [-0.4, -0.2) is 164 Å². The first-order chi connectivity index (χ1) is 27.9. The summed E-state index contributed by atoms with van der Waals surface area (Å²) in [4.78, 5) is 14.2. The summed E-state index contributed by atoms with van der Waals surface area (Å²) in [5.41, 5.74) is 9.79. The van der Waals surface area contributed by atoms with Gasteiger partial charge in [-0.3, -0.25) is 9.80 Å². The molecule has 316 valence electrons. The van der Waals surface area contributed by atoms with Gasteiger partial charge in [0.05, 0.1) is 5.41 Å². The fourth-order valence-corrected chi connectivity index (χ4v) is 8.37. The Kier molecular flexibility index (Phi) is 17.2. The van der Waals surface area contributed by atoms with Crippen LogP contribution in [0.1, 0.15) is 52.6 Å². The molecule has 4 aromatic rings. The molecule has 0 radical (unpaired) electrons. The third-order valence-corrected chi connectivity index (χ3v) is 11.5. The summed E-state index contributed by atoms with van der Waals surface area (Å²) < 4.78 is 12.9. The SMILES string of the molecule is Cc1ccc2c(c1)C(c1ccc(OCCN(CCCN(C)C)CCCN(C)C)cc1)(c1ccc(OCCN(CCCN(C)C)CCN(C)C)cc1)c1cc(C)ccc1-2. The van der Waals surface area contributed by atoms with Gasteiger partial charge in [-0.05, 0) is 186 Å². The van der Waals surface area contributed by atoms with Gasteiger partial charge in [0, 0.05) is 26.2 Å². The Balaban J connectivity index is 1.38. The van der Waals surface area contributed by atoms with Crippen LogP contribution in [0.3, 0.4) is 0 Å². The molecule has 8 heteroatoms. The van der Waals surface area contributed by atoms with Crippen molar-refractivity contribution < 1.29 is 9.47 Å². The first kappa shape index (κ1) is 45.3. The molecule has 0 amide bonds. The molecule has 0 heterocycles. The Morgan fingerprint density at radius 3 is 1.12 bits per heavy atom. The normalized spacial score (nSPS) is 13.4. The second-order valence-electron chi connectivity index (χ2n) is 17.6. The Morgan fingerprint density at radius 2 is 0.759 bits per heavy atom. The summed E-state index contributed by atoms with van der Waals surface area (Å²) in [6.45, 7) is 16.2. The molecule has 1 aliphatic carbocycles. The maximum Gasteiger partial charge on any atom is 0.119 e. The number of benzene rings is 4. The van der Waals surface area contributed by atoms with E-state index in [1.165, 1.54) is 44.5 Å². The zero-order chi connectivity index (χ0) is 41.7. The monoisotopic (exact) mass is 791 g/mol. The molecule has 1 aliphatic rings. The van der Waals surface area contributed by atoms with Gasteiger partial charge in [-0.25, -0.2) is 0 Å². The fourth-order valence-electron chi connectivity index (χ4n) is 8.37. The van der Waals surface area contributed by atoms with Crippen molar-refractivity contribution in [2.75, 3.05) is 135 Å². The average Bonchev–Trinajstić information content (AvgIpc) is 3.45. The first-order valence-electron chi connectivity index (χ1n) is 21.6. The predicted octanol–water partition coefficient (Wildman–Crippen LogP) is 7.44. The summed E-state index contributed by atoms with van der Waals surface area (Å²) in [6.07, 6.45) is 3.47. The zero-order valence-corrected chi connectivity index (χ0v) is 37.7. The second kappa shape index (κ2) is 22.0. The van der Waals surface area contributed by atoms with Crippen LogP contribution < -0.4 is 9.47 Å². The molecular formula is C50H74N6O2. The number of likely N-dealkylation sites (N-methyl/N-ethyl adjacent to an activating group) is 1. The van der Waals surface area contributed by atoms with E-state index in [9.17, 15) is 0 Å². The van der Waals surface area contributed by atoms with Gasteiger partial charge in [0.25, 0.3) is 0 Å². The molecule has 0 unspecified atom stereocenters. The van der Waals surface area contributed by atoms with Crippen molar-refractivity contribution in [3.05, 3.63) is 118 Å². The molecule has 0 bridgehead atoms. The molecule has 0 saturated heterocycles. The van der Waals surface area contributed by atoms with Crippen LogP contribution >= 0.6 is 0 Å². The van der Waals surface area contributed by atoms with Crippen molar-refractivity contribution in [3.63, 3.8) is 0 Å². The minimum absolute atomic E-state index is 0.481. The number of hydrogen-bond acceptors (Lipinski definition) is 8. The number of aryl methyl sites for hydroxylation is 2. The molecule has 8 nitrogen and oxygen atoms in total. The lowest BCUT2D eigenvalue weighted by Gasteiger charge is -2.34. The highest BCUT2D eigenvalue weighted by atomic mass is 16.5. The van der Waals surface area contributed by atoms with Crippen LogP contribution in [0.15, 0.2) is 84.9 Å². The van der Waals surface area contributed by atoms with Gasteiger partial charge in [-0.15, -0.1) is 0 Å². The van der Waals surface area contributed by atoms with E-state index in [1.54, 1.807) is 0 Å². The molecule has 0 fully saturated rings. The standard InChI is InChI=1S/C50H74N6O2/c1-40-14-24-46-47-25-15-41(2)39-49(47)50(48(46)38-40,43-18-22-45(23-19-43)58-37-35-56(33-32-54(9)10)31-13-28-53(7)8)42-16-20-44(21-17-42)57-36-34-55(29-11-26-51(3)4)30-12-27-52(5)6/h14-25,38-39H,11-13,26-37H2,1-10H3. The fraction of sp³-hybridized carbons (Fsp3) is 0.520. The molecule has 0 aromatic heterocycles. The van der Waals surface area contributed by atoms with Crippen LogP contribution in [0.4, 0.5) is 0 Å². The lowest BCUT2D eigenvalue weighted by molar-refractivity contribution is 0.187. The Hall–Kier alpha value is -3.76. The van der Waals surface area contributed by atoms with Crippen molar-refractivity contribution in [2.45, 2.75) is 38.5 Å². The van der Waals surface area contributed by atoms with Crippen molar-refractivity contribution in [2.24, 2.45) is 0 Å². The lowest BCUT2D eigenvalue weighted by atomic mass is 9.67. The summed E-state index contributed by atoms with van der Waals surface area (Å²) >= 11 is 0. The minimum atomic E-state index is -0.481. The molecule has 0 atom stereocenters. The molecule has 4 aromatic carbocycles. The molecule has 5 rings (SSSR count). The van der Waals surface area contributed by atoms with Gasteiger partial charge in [-0.2, -0.15) is 0 Å². The Bertz CT molecular complexity index is 1760.